The maximum atomic E-state index is 4.93. The average Bonchev–Trinajstić information content (AvgIpc) is 3.69. The molecule has 48 heavy (non-hydrogen) atoms. The van der Waals surface area contributed by atoms with E-state index in [0.29, 0.717) is 0 Å². The number of hydrogen-bond donors (Lipinski definition) is 0. The topological polar surface area (TPSA) is 0 Å². The van der Waals surface area contributed by atoms with Crippen molar-refractivity contribution >= 4 is 69.6 Å². The van der Waals surface area contributed by atoms with Gasteiger partial charge < -0.3 is 0 Å². The van der Waals surface area contributed by atoms with Crippen molar-refractivity contribution in [2.75, 3.05) is 0 Å². The van der Waals surface area contributed by atoms with Crippen LogP contribution < -0.4 is 0 Å². The van der Waals surface area contributed by atoms with Gasteiger partial charge in [-0.05, 0) is 32.7 Å². The van der Waals surface area contributed by atoms with Gasteiger partial charge in [-0.15, -0.1) is 68.1 Å². The molecule has 0 nitrogen and oxygen atoms in total. The molecule has 0 fully saturated rings. The summed E-state index contributed by atoms with van der Waals surface area (Å²) >= 11 is -0.826. The Morgan fingerprint density at radius 3 is 1.19 bits per heavy atom. The van der Waals surface area contributed by atoms with Gasteiger partial charge in [0.15, 0.2) is 0 Å². The number of hydrogen-bond acceptors (Lipinski definition) is 0. The predicted octanol–water partition coefficient (Wildman–Crippen LogP) is 14.2. The van der Waals surface area contributed by atoms with Crippen LogP contribution >= 0.6 is 17.0 Å². The van der Waals surface area contributed by atoms with Gasteiger partial charge >= 0.3 is 37.9 Å². The zero-order valence-corrected chi connectivity index (χ0v) is 33.4. The zero-order valence-electron chi connectivity index (χ0n) is 28.5. The van der Waals surface area contributed by atoms with Crippen LogP contribution in [0.5, 0.6) is 0 Å². The number of rotatable bonds is 2. The van der Waals surface area contributed by atoms with E-state index in [1.807, 2.05) is 0 Å². The van der Waals surface area contributed by atoms with E-state index < -0.39 is 20.8 Å². The van der Waals surface area contributed by atoms with Crippen molar-refractivity contribution in [3.05, 3.63) is 156 Å². The molecule has 0 aliphatic carbocycles. The molecule has 0 bridgehead atoms. The molecule has 0 aromatic heterocycles. The Hall–Kier alpha value is -3.26. The summed E-state index contributed by atoms with van der Waals surface area (Å²) in [5.74, 6) is 0. The van der Waals surface area contributed by atoms with Gasteiger partial charge in [-0.2, -0.15) is 12.1 Å². The summed E-state index contributed by atoms with van der Waals surface area (Å²) in [6, 6.07) is 48.5. The van der Waals surface area contributed by atoms with Crippen molar-refractivity contribution in [2.24, 2.45) is 0 Å². The maximum absolute atomic E-state index is 4.93. The summed E-state index contributed by atoms with van der Waals surface area (Å²) in [6.45, 7) is 13.0. The Morgan fingerprint density at radius 1 is 0.458 bits per heavy atom. The third-order valence-corrected chi connectivity index (χ3v) is 8.66. The number of aryl methyl sites for hydroxylation is 4. The van der Waals surface area contributed by atoms with E-state index in [1.54, 1.807) is 0 Å². The van der Waals surface area contributed by atoms with Crippen LogP contribution in [0.25, 0.3) is 65.3 Å². The van der Waals surface area contributed by atoms with Gasteiger partial charge in [0.2, 0.25) is 0 Å². The van der Waals surface area contributed by atoms with Crippen molar-refractivity contribution in [3.63, 3.8) is 0 Å². The molecule has 0 heterocycles. The van der Waals surface area contributed by atoms with E-state index in [0.717, 1.165) is 9.52 Å². The van der Waals surface area contributed by atoms with Crippen molar-refractivity contribution in [1.82, 2.24) is 0 Å². The fraction of sp³-hybridized carbons (Fsp3) is 0.136. The quantitative estimate of drug-likeness (QED) is 0.122. The molecule has 0 spiro atoms. The first-order valence-electron chi connectivity index (χ1n) is 16.2. The minimum absolute atomic E-state index is 0.826. The molecule has 0 amide bonds. The van der Waals surface area contributed by atoms with Gasteiger partial charge in [-0.3, -0.25) is 0 Å². The SMILES string of the molecule is C[Si]C.Cc1cc2c(-c3cccc4ccccc34)ccc(C)c2[cH-]1.Cc1cc2c(-c3cccc4ccccc34)ccc(C)c2[cH-]1.[Cl][Zr+2][Cl]. The summed E-state index contributed by atoms with van der Waals surface area (Å²) in [5.41, 5.74) is 10.7. The molecule has 0 saturated carbocycles. The molecule has 0 unspecified atom stereocenters. The first-order chi connectivity index (χ1) is 23.3. The second-order valence-corrected chi connectivity index (χ2v) is 16.9. The zero-order chi connectivity index (χ0) is 34.2. The Kier molecular flexibility index (Phi) is 12.7. The van der Waals surface area contributed by atoms with Crippen molar-refractivity contribution in [2.45, 2.75) is 40.8 Å². The van der Waals surface area contributed by atoms with Crippen LogP contribution in [0.15, 0.2) is 133 Å². The van der Waals surface area contributed by atoms with Crippen LogP contribution in [-0.2, 0) is 20.8 Å². The van der Waals surface area contributed by atoms with Crippen LogP contribution in [-0.4, -0.2) is 9.52 Å². The van der Waals surface area contributed by atoms with E-state index in [9.17, 15) is 0 Å². The van der Waals surface area contributed by atoms with Crippen LogP contribution in [0, 0.1) is 27.7 Å². The normalized spacial score (nSPS) is 10.5. The van der Waals surface area contributed by atoms with Gasteiger partial charge in [0.1, 0.15) is 0 Å². The standard InChI is InChI=1S/2C21H17.C2H6Si.2ClH.Zr/c2*1-14-12-20-15(2)10-11-19(21(20)13-14)18-9-5-7-16-6-3-4-8-17(16)18;1-3-2;;;/h2*3-13H,1-2H3;1-2H3;2*1H;/q2*-1;;;;+4/p-2. The van der Waals surface area contributed by atoms with E-state index in [1.165, 1.54) is 87.6 Å². The number of benzene rings is 6. The Balaban J connectivity index is 0.000000162. The Labute approximate surface area is 306 Å². The van der Waals surface area contributed by atoms with Crippen LogP contribution in [0.3, 0.4) is 0 Å². The van der Waals surface area contributed by atoms with Crippen molar-refractivity contribution < 1.29 is 20.8 Å². The number of fused-ring (bicyclic) bond motifs is 4. The fourth-order valence-electron chi connectivity index (χ4n) is 6.57. The Morgan fingerprint density at radius 2 is 0.792 bits per heavy atom. The second-order valence-electron chi connectivity index (χ2n) is 12.2. The fourth-order valence-corrected chi connectivity index (χ4v) is 6.57. The second kappa shape index (κ2) is 16.9. The summed E-state index contributed by atoms with van der Waals surface area (Å²) in [5, 5.41) is 10.7. The van der Waals surface area contributed by atoms with Gasteiger partial charge in [-0.25, -0.2) is 0 Å². The van der Waals surface area contributed by atoms with E-state index >= 15 is 0 Å². The first-order valence-corrected chi connectivity index (χ1v) is 24.5. The number of halogens is 2. The molecule has 4 heteroatoms. The summed E-state index contributed by atoms with van der Waals surface area (Å²) < 4.78 is 0. The van der Waals surface area contributed by atoms with Crippen LogP contribution in [0.4, 0.5) is 0 Å². The molecule has 0 aliphatic rings. The van der Waals surface area contributed by atoms with Gasteiger partial charge in [0, 0.05) is 9.52 Å². The van der Waals surface area contributed by atoms with Crippen LogP contribution in [0.1, 0.15) is 22.3 Å². The van der Waals surface area contributed by atoms with E-state index in [-0.39, 0.29) is 0 Å². The molecule has 0 aliphatic heterocycles. The monoisotopic (exact) mass is 756 g/mol. The molecule has 2 radical (unpaired) electrons. The molecule has 0 saturated heterocycles. The molecular weight excluding hydrogens is 719 g/mol. The average molecular weight is 759 g/mol. The molecule has 8 rings (SSSR count). The Bertz CT molecular complexity index is 2120. The molecule has 0 atom stereocenters. The molecular formula is C44H40Cl2SiZr. The summed E-state index contributed by atoms with van der Waals surface area (Å²) in [7, 11) is 11.0. The molecule has 0 N–H and O–H groups in total. The molecule has 238 valence electrons. The van der Waals surface area contributed by atoms with Gasteiger partial charge in [-0.1, -0.05) is 149 Å². The summed E-state index contributed by atoms with van der Waals surface area (Å²) in [6.07, 6.45) is 0. The minimum atomic E-state index is -0.826. The molecule has 8 aromatic carbocycles. The molecule has 8 aromatic rings. The van der Waals surface area contributed by atoms with E-state index in [2.05, 4.69) is 174 Å². The van der Waals surface area contributed by atoms with Crippen molar-refractivity contribution in [1.29, 1.82) is 0 Å². The third-order valence-electron chi connectivity index (χ3n) is 8.66. The van der Waals surface area contributed by atoms with Crippen molar-refractivity contribution in [3.8, 4) is 22.3 Å². The van der Waals surface area contributed by atoms with Gasteiger partial charge in [0.25, 0.3) is 0 Å². The van der Waals surface area contributed by atoms with E-state index in [4.69, 9.17) is 17.0 Å². The van der Waals surface area contributed by atoms with Crippen LogP contribution in [0.2, 0.25) is 13.1 Å². The third kappa shape index (κ3) is 7.96. The van der Waals surface area contributed by atoms with Gasteiger partial charge in [0.05, 0.1) is 0 Å². The predicted molar refractivity (Wildman–Crippen MR) is 213 cm³/mol. The summed E-state index contributed by atoms with van der Waals surface area (Å²) in [4.78, 5) is 0. The first kappa shape index (κ1) is 36.0.